The Labute approximate surface area is 218 Å². The molecule has 9 heteroatoms. The highest BCUT2D eigenvalue weighted by Crippen LogP contribution is 2.33. The third-order valence-electron chi connectivity index (χ3n) is 5.78. The van der Waals surface area contributed by atoms with Crippen molar-refractivity contribution in [2.75, 3.05) is 10.0 Å². The molecule has 0 amide bonds. The van der Waals surface area contributed by atoms with Gasteiger partial charge in [-0.25, -0.2) is 17.2 Å². The van der Waals surface area contributed by atoms with Crippen molar-refractivity contribution in [3.63, 3.8) is 0 Å². The number of nitrogens with zero attached hydrogens (tertiary/aromatic N) is 2. The van der Waals surface area contributed by atoms with Gasteiger partial charge in [0.25, 0.3) is 10.0 Å². The molecule has 3 aromatic carbocycles. The normalized spacial score (nSPS) is 11.3. The Morgan fingerprint density at radius 1 is 0.868 bits per heavy atom. The Kier molecular flexibility index (Phi) is 6.61. The van der Waals surface area contributed by atoms with Gasteiger partial charge in [-0.1, -0.05) is 24.8 Å². The van der Waals surface area contributed by atoms with E-state index >= 15 is 0 Å². The highest BCUT2D eigenvalue weighted by Gasteiger charge is 2.20. The van der Waals surface area contributed by atoms with E-state index in [1.165, 1.54) is 6.20 Å². The molecule has 38 heavy (non-hydrogen) atoms. The quantitative estimate of drug-likeness (QED) is 0.238. The predicted octanol–water partition coefficient (Wildman–Crippen LogP) is 6.99. The molecule has 0 aliphatic heterocycles. The second-order valence-electron chi connectivity index (χ2n) is 8.72. The molecule has 0 aliphatic rings. The Balaban J connectivity index is 1.52. The smallest absolute Gasteiger partial charge is 0.264 e. The van der Waals surface area contributed by atoms with Gasteiger partial charge in [-0.3, -0.25) is 14.7 Å². The maximum Gasteiger partial charge on any atom is 0.264 e. The Bertz CT molecular complexity index is 1810. The number of allylic oxidation sites excluding steroid dienone is 1. The van der Waals surface area contributed by atoms with E-state index in [0.29, 0.717) is 11.6 Å². The van der Waals surface area contributed by atoms with Crippen molar-refractivity contribution in [3.8, 4) is 22.3 Å². The topological polar surface area (TPSA) is 84.0 Å². The average Bonchev–Trinajstić information content (AvgIpc) is 2.87. The lowest BCUT2D eigenvalue weighted by Crippen LogP contribution is -2.15. The second kappa shape index (κ2) is 10.0. The zero-order chi connectivity index (χ0) is 26.9. The van der Waals surface area contributed by atoms with Gasteiger partial charge in [-0.15, -0.1) is 0 Å². The van der Waals surface area contributed by atoms with Gasteiger partial charge in [0.2, 0.25) is 0 Å². The summed E-state index contributed by atoms with van der Waals surface area (Å²) in [6, 6.07) is 19.5. The van der Waals surface area contributed by atoms with Crippen LogP contribution in [0.2, 0.25) is 0 Å². The number of benzene rings is 3. The minimum atomic E-state index is -4.30. The van der Waals surface area contributed by atoms with Crippen LogP contribution in [0.5, 0.6) is 0 Å². The van der Waals surface area contributed by atoms with E-state index in [-0.39, 0.29) is 5.69 Å². The summed E-state index contributed by atoms with van der Waals surface area (Å²) in [4.78, 5) is 7.99. The third kappa shape index (κ3) is 5.23. The van der Waals surface area contributed by atoms with E-state index < -0.39 is 26.6 Å². The first-order valence-corrected chi connectivity index (χ1v) is 13.0. The largest absolute Gasteiger partial charge is 0.360 e. The van der Waals surface area contributed by atoms with Gasteiger partial charge in [-0.2, -0.15) is 0 Å². The lowest BCUT2D eigenvalue weighted by atomic mass is 9.97. The first kappa shape index (κ1) is 25.0. The minimum Gasteiger partial charge on any atom is -0.360 e. The fourth-order valence-corrected chi connectivity index (χ4v) is 5.24. The molecule has 190 valence electrons. The van der Waals surface area contributed by atoms with Crippen molar-refractivity contribution in [1.29, 1.82) is 0 Å². The van der Waals surface area contributed by atoms with Crippen LogP contribution in [-0.2, 0) is 10.0 Å². The molecular weight excluding hydrogens is 506 g/mol. The van der Waals surface area contributed by atoms with Gasteiger partial charge in [0.05, 0.1) is 17.4 Å². The van der Waals surface area contributed by atoms with Gasteiger partial charge in [0, 0.05) is 40.8 Å². The fourth-order valence-electron chi connectivity index (χ4n) is 4.15. The van der Waals surface area contributed by atoms with Gasteiger partial charge in [0.15, 0.2) is 0 Å². The molecule has 2 N–H and O–H groups in total. The van der Waals surface area contributed by atoms with Crippen molar-refractivity contribution in [2.45, 2.75) is 11.8 Å². The minimum absolute atomic E-state index is 0.135. The van der Waals surface area contributed by atoms with Gasteiger partial charge < -0.3 is 5.32 Å². The summed E-state index contributed by atoms with van der Waals surface area (Å²) in [7, 11) is -4.30. The van der Waals surface area contributed by atoms with Gasteiger partial charge in [0.1, 0.15) is 16.5 Å². The van der Waals surface area contributed by atoms with E-state index in [1.807, 2.05) is 55.5 Å². The number of hydrogen-bond acceptors (Lipinski definition) is 5. The number of sulfonamides is 1. The zero-order valence-corrected chi connectivity index (χ0v) is 21.1. The molecule has 0 saturated heterocycles. The Morgan fingerprint density at radius 2 is 1.68 bits per heavy atom. The maximum absolute atomic E-state index is 14.1. The summed E-state index contributed by atoms with van der Waals surface area (Å²) in [5, 5.41) is 4.13. The number of hydrogen-bond donors (Lipinski definition) is 2. The van der Waals surface area contributed by atoms with Crippen LogP contribution in [0.25, 0.3) is 33.2 Å². The highest BCUT2D eigenvalue weighted by molar-refractivity contribution is 7.92. The summed E-state index contributed by atoms with van der Waals surface area (Å²) < 4.78 is 55.1. The molecule has 2 heterocycles. The van der Waals surface area contributed by atoms with E-state index in [0.717, 1.165) is 51.1 Å². The summed E-state index contributed by atoms with van der Waals surface area (Å²) in [5.41, 5.74) is 6.05. The molecule has 0 bridgehead atoms. The molecule has 0 unspecified atom stereocenters. The van der Waals surface area contributed by atoms with Crippen molar-refractivity contribution < 1.29 is 17.2 Å². The molecule has 5 aromatic rings. The molecule has 0 atom stereocenters. The van der Waals surface area contributed by atoms with Crippen LogP contribution in [0.4, 0.5) is 20.2 Å². The Hall–Kier alpha value is -4.63. The highest BCUT2D eigenvalue weighted by atomic mass is 32.2. The summed E-state index contributed by atoms with van der Waals surface area (Å²) in [5.74, 6) is -2.05. The Morgan fingerprint density at radius 3 is 2.47 bits per heavy atom. The van der Waals surface area contributed by atoms with E-state index in [4.69, 9.17) is 0 Å². The van der Waals surface area contributed by atoms with Crippen molar-refractivity contribution in [2.24, 2.45) is 0 Å². The average molecular weight is 529 g/mol. The molecule has 0 aliphatic carbocycles. The number of rotatable bonds is 7. The summed E-state index contributed by atoms with van der Waals surface area (Å²) in [6.45, 7) is 5.79. The van der Waals surface area contributed by atoms with Crippen LogP contribution in [0.3, 0.4) is 0 Å². The number of aromatic nitrogens is 2. The molecule has 0 fully saturated rings. The van der Waals surface area contributed by atoms with Crippen LogP contribution >= 0.6 is 0 Å². The van der Waals surface area contributed by atoms with Crippen LogP contribution in [0, 0.1) is 11.6 Å². The zero-order valence-electron chi connectivity index (χ0n) is 20.2. The molecule has 6 nitrogen and oxygen atoms in total. The molecule has 2 aromatic heterocycles. The first-order chi connectivity index (χ1) is 18.2. The van der Waals surface area contributed by atoms with Crippen LogP contribution in [0.15, 0.2) is 109 Å². The van der Waals surface area contributed by atoms with Crippen molar-refractivity contribution >= 4 is 32.3 Å². The van der Waals surface area contributed by atoms with Crippen molar-refractivity contribution in [3.05, 3.63) is 115 Å². The number of nitrogens with one attached hydrogen (secondary N) is 2. The van der Waals surface area contributed by atoms with E-state index in [2.05, 4.69) is 26.6 Å². The SMILES string of the molecule is C=C(C)Nc1cccc(-c2ccnc3ccc(-c4cncc(NS(=O)(=O)c5ccc(F)cc5F)c4)cc23)c1. The van der Waals surface area contributed by atoms with Crippen LogP contribution in [0.1, 0.15) is 6.92 Å². The van der Waals surface area contributed by atoms with E-state index in [9.17, 15) is 17.2 Å². The van der Waals surface area contributed by atoms with E-state index in [1.54, 1.807) is 18.5 Å². The molecular formula is C29H22F2N4O2S. The van der Waals surface area contributed by atoms with Crippen LogP contribution in [-0.4, -0.2) is 18.4 Å². The number of halogens is 2. The van der Waals surface area contributed by atoms with Gasteiger partial charge >= 0.3 is 0 Å². The second-order valence-corrected chi connectivity index (χ2v) is 10.4. The predicted molar refractivity (Wildman–Crippen MR) is 146 cm³/mol. The molecule has 0 spiro atoms. The van der Waals surface area contributed by atoms with Crippen LogP contribution < -0.4 is 10.0 Å². The first-order valence-electron chi connectivity index (χ1n) is 11.5. The number of pyridine rings is 2. The number of fused-ring (bicyclic) bond motifs is 1. The lowest BCUT2D eigenvalue weighted by molar-refractivity contribution is 0.551. The lowest BCUT2D eigenvalue weighted by Gasteiger charge is -2.12. The summed E-state index contributed by atoms with van der Waals surface area (Å²) in [6.07, 6.45) is 4.67. The third-order valence-corrected chi connectivity index (χ3v) is 7.19. The molecule has 0 radical (unpaired) electrons. The van der Waals surface area contributed by atoms with Crippen molar-refractivity contribution in [1.82, 2.24) is 9.97 Å². The molecule has 5 rings (SSSR count). The maximum atomic E-state index is 14.1. The monoisotopic (exact) mass is 528 g/mol. The number of anilines is 2. The molecule has 0 saturated carbocycles. The summed E-state index contributed by atoms with van der Waals surface area (Å²) >= 11 is 0. The standard InChI is InChI=1S/C29H22F2N4O2S/c1-18(2)34-23-5-3-4-20(12-23)25-10-11-33-28-8-6-19(14-26(25)28)21-13-24(17-32-16-21)35-38(36,37)29-9-7-22(30)15-27(29)31/h3-17,34-35H,1H2,2H3. The fraction of sp³-hybridized carbons (Fsp3) is 0.0345. The van der Waals surface area contributed by atoms with Gasteiger partial charge in [-0.05, 0) is 72.1 Å².